The SMILES string of the molecule is COc1cc([C@@H]2CC(=O)Oc3ccc4c(c32)O/C(=C\c2ccco2)C4=O)ccc1O. The van der Waals surface area contributed by atoms with Crippen LogP contribution >= 0.6 is 0 Å². The molecule has 0 spiro atoms. The minimum atomic E-state index is -0.429. The van der Waals surface area contributed by atoms with Crippen LogP contribution in [0.5, 0.6) is 23.0 Å². The number of Topliss-reactive ketones (excluding diaryl/α,β-unsaturated/α-hetero) is 1. The summed E-state index contributed by atoms with van der Waals surface area (Å²) in [5.41, 5.74) is 1.73. The fourth-order valence-corrected chi connectivity index (χ4v) is 3.80. The zero-order valence-electron chi connectivity index (χ0n) is 15.9. The van der Waals surface area contributed by atoms with Crippen molar-refractivity contribution in [3.8, 4) is 23.0 Å². The maximum atomic E-state index is 12.9. The van der Waals surface area contributed by atoms with Crippen molar-refractivity contribution in [2.24, 2.45) is 0 Å². The van der Waals surface area contributed by atoms with E-state index in [0.717, 1.165) is 5.56 Å². The van der Waals surface area contributed by atoms with Crippen molar-refractivity contribution in [1.29, 1.82) is 0 Å². The van der Waals surface area contributed by atoms with Gasteiger partial charge in [-0.2, -0.15) is 0 Å². The molecule has 5 rings (SSSR count). The summed E-state index contributed by atoms with van der Waals surface area (Å²) in [6.45, 7) is 0. The monoisotopic (exact) mass is 404 g/mol. The number of ether oxygens (including phenoxy) is 3. The van der Waals surface area contributed by atoms with Crippen LogP contribution in [0.1, 0.15) is 39.6 Å². The second kappa shape index (κ2) is 6.81. The molecule has 3 aromatic rings. The van der Waals surface area contributed by atoms with Gasteiger partial charge in [-0.1, -0.05) is 6.07 Å². The Morgan fingerprint density at radius 1 is 1.13 bits per heavy atom. The largest absolute Gasteiger partial charge is 0.504 e. The molecule has 0 saturated heterocycles. The minimum absolute atomic E-state index is 0.00625. The van der Waals surface area contributed by atoms with E-state index < -0.39 is 11.9 Å². The standard InChI is InChI=1S/C23H16O7/c1-27-18-9-12(4-6-16(18)24)15-11-20(25)29-17-7-5-14-22(26)19(30-23(14)21(15)17)10-13-3-2-8-28-13/h2-10,15,24H,11H2,1H3/b19-10-/t15-/m0/s1. The van der Waals surface area contributed by atoms with Gasteiger partial charge < -0.3 is 23.7 Å². The van der Waals surface area contributed by atoms with Crippen molar-refractivity contribution in [3.05, 3.63) is 76.9 Å². The van der Waals surface area contributed by atoms with E-state index in [1.165, 1.54) is 25.5 Å². The molecular formula is C23H16O7. The highest BCUT2D eigenvalue weighted by atomic mass is 16.5. The molecule has 1 N–H and O–H groups in total. The quantitative estimate of drug-likeness (QED) is 0.400. The maximum Gasteiger partial charge on any atom is 0.312 e. The number of phenols is 1. The smallest absolute Gasteiger partial charge is 0.312 e. The first kappa shape index (κ1) is 18.1. The summed E-state index contributed by atoms with van der Waals surface area (Å²) in [5, 5.41) is 9.92. The van der Waals surface area contributed by atoms with Crippen LogP contribution in [0.2, 0.25) is 0 Å². The Hall–Kier alpha value is -4.00. The van der Waals surface area contributed by atoms with Crippen molar-refractivity contribution in [3.63, 3.8) is 0 Å². The van der Waals surface area contributed by atoms with Crippen LogP contribution in [0.4, 0.5) is 0 Å². The van der Waals surface area contributed by atoms with Gasteiger partial charge in [0.25, 0.3) is 0 Å². The number of ketones is 1. The number of carbonyl (C=O) groups excluding carboxylic acids is 2. The molecule has 1 atom stereocenters. The first-order chi connectivity index (χ1) is 14.5. The van der Waals surface area contributed by atoms with E-state index in [4.69, 9.17) is 18.6 Å². The first-order valence-electron chi connectivity index (χ1n) is 9.27. The Bertz CT molecular complexity index is 1200. The number of benzene rings is 2. The highest BCUT2D eigenvalue weighted by molar-refractivity contribution is 6.15. The normalized spacial score (nSPS) is 18.6. The van der Waals surface area contributed by atoms with E-state index in [1.807, 2.05) is 0 Å². The molecule has 2 aliphatic heterocycles. The van der Waals surface area contributed by atoms with Crippen LogP contribution < -0.4 is 14.2 Å². The summed E-state index contributed by atoms with van der Waals surface area (Å²) >= 11 is 0. The maximum absolute atomic E-state index is 12.9. The molecule has 0 amide bonds. The number of allylic oxidation sites excluding steroid dienone is 1. The molecule has 7 nitrogen and oxygen atoms in total. The summed E-state index contributed by atoms with van der Waals surface area (Å²) in [5.74, 6) is 0.511. The molecule has 0 aliphatic carbocycles. The molecule has 0 bridgehead atoms. The van der Waals surface area contributed by atoms with Gasteiger partial charge in [0, 0.05) is 17.6 Å². The Balaban J connectivity index is 1.64. The van der Waals surface area contributed by atoms with Gasteiger partial charge in [0.1, 0.15) is 17.3 Å². The van der Waals surface area contributed by atoms with Crippen LogP contribution in [0.25, 0.3) is 6.08 Å². The molecule has 0 unspecified atom stereocenters. The lowest BCUT2D eigenvalue weighted by Crippen LogP contribution is -2.21. The van der Waals surface area contributed by atoms with Crippen molar-refractivity contribution >= 4 is 17.8 Å². The number of rotatable bonds is 3. The third-order valence-corrected chi connectivity index (χ3v) is 5.20. The number of hydrogen-bond acceptors (Lipinski definition) is 7. The second-order valence-electron chi connectivity index (χ2n) is 6.97. The van der Waals surface area contributed by atoms with E-state index in [-0.39, 0.29) is 29.5 Å². The number of esters is 1. The molecule has 3 heterocycles. The molecule has 2 aliphatic rings. The summed E-state index contributed by atoms with van der Waals surface area (Å²) in [6, 6.07) is 11.5. The molecule has 30 heavy (non-hydrogen) atoms. The summed E-state index contributed by atoms with van der Waals surface area (Å²) in [4.78, 5) is 25.1. The Labute approximate surface area is 171 Å². The van der Waals surface area contributed by atoms with Crippen molar-refractivity contribution < 1.29 is 33.3 Å². The second-order valence-corrected chi connectivity index (χ2v) is 6.97. The number of hydrogen-bond donors (Lipinski definition) is 1. The average Bonchev–Trinajstić information content (AvgIpc) is 3.36. The van der Waals surface area contributed by atoms with E-state index >= 15 is 0 Å². The van der Waals surface area contributed by atoms with Gasteiger partial charge in [0.05, 0.1) is 25.4 Å². The molecule has 0 fully saturated rings. The van der Waals surface area contributed by atoms with Gasteiger partial charge in [-0.05, 0) is 42.0 Å². The molecule has 0 saturated carbocycles. The number of carbonyl (C=O) groups is 2. The molecule has 0 radical (unpaired) electrons. The fraction of sp³-hybridized carbons (Fsp3) is 0.130. The van der Waals surface area contributed by atoms with Gasteiger partial charge >= 0.3 is 5.97 Å². The van der Waals surface area contributed by atoms with E-state index in [1.54, 1.807) is 36.4 Å². The lowest BCUT2D eigenvalue weighted by atomic mass is 9.84. The lowest BCUT2D eigenvalue weighted by molar-refractivity contribution is -0.135. The van der Waals surface area contributed by atoms with Gasteiger partial charge in [0.2, 0.25) is 5.78 Å². The highest BCUT2D eigenvalue weighted by Gasteiger charge is 2.38. The van der Waals surface area contributed by atoms with E-state index in [9.17, 15) is 14.7 Å². The zero-order valence-corrected chi connectivity index (χ0v) is 15.9. The van der Waals surface area contributed by atoms with Crippen LogP contribution in [-0.2, 0) is 4.79 Å². The Morgan fingerprint density at radius 2 is 2.00 bits per heavy atom. The van der Waals surface area contributed by atoms with Gasteiger partial charge in [-0.25, -0.2) is 0 Å². The molecule has 150 valence electrons. The van der Waals surface area contributed by atoms with Crippen LogP contribution in [0, 0.1) is 0 Å². The third kappa shape index (κ3) is 2.83. The predicted molar refractivity (Wildman–Crippen MR) is 105 cm³/mol. The number of methoxy groups -OCH3 is 1. The third-order valence-electron chi connectivity index (χ3n) is 5.20. The van der Waals surface area contributed by atoms with E-state index in [2.05, 4.69) is 0 Å². The van der Waals surface area contributed by atoms with E-state index in [0.29, 0.717) is 28.4 Å². The molecule has 1 aromatic heterocycles. The van der Waals surface area contributed by atoms with Crippen molar-refractivity contribution in [2.75, 3.05) is 7.11 Å². The van der Waals surface area contributed by atoms with Crippen LogP contribution in [0.3, 0.4) is 0 Å². The number of furan rings is 1. The Kier molecular flexibility index (Phi) is 4.10. The number of aromatic hydroxyl groups is 1. The lowest BCUT2D eigenvalue weighted by Gasteiger charge is -2.26. The van der Waals surface area contributed by atoms with Gasteiger partial charge in [-0.3, -0.25) is 9.59 Å². The molecular weight excluding hydrogens is 388 g/mol. The number of fused-ring (bicyclic) bond motifs is 3. The topological polar surface area (TPSA) is 95.2 Å². The summed E-state index contributed by atoms with van der Waals surface area (Å²) in [7, 11) is 1.45. The summed E-state index contributed by atoms with van der Waals surface area (Å²) < 4.78 is 21.8. The molecule has 2 aromatic carbocycles. The first-order valence-corrected chi connectivity index (χ1v) is 9.27. The fourth-order valence-electron chi connectivity index (χ4n) is 3.80. The Morgan fingerprint density at radius 3 is 2.77 bits per heavy atom. The van der Waals surface area contributed by atoms with Gasteiger partial charge in [-0.15, -0.1) is 0 Å². The zero-order chi connectivity index (χ0) is 20.8. The average molecular weight is 404 g/mol. The van der Waals surface area contributed by atoms with Crippen molar-refractivity contribution in [2.45, 2.75) is 12.3 Å². The number of phenolic OH excluding ortho intramolecular Hbond substituents is 1. The molecule has 7 heteroatoms. The predicted octanol–water partition coefficient (Wildman–Crippen LogP) is 4.05. The van der Waals surface area contributed by atoms with Crippen LogP contribution in [-0.4, -0.2) is 24.0 Å². The minimum Gasteiger partial charge on any atom is -0.504 e. The summed E-state index contributed by atoms with van der Waals surface area (Å²) in [6.07, 6.45) is 3.10. The van der Waals surface area contributed by atoms with Crippen molar-refractivity contribution in [1.82, 2.24) is 0 Å². The van der Waals surface area contributed by atoms with Crippen LogP contribution in [0.15, 0.2) is 58.9 Å². The van der Waals surface area contributed by atoms with Gasteiger partial charge in [0.15, 0.2) is 17.3 Å². The highest BCUT2D eigenvalue weighted by Crippen LogP contribution is 2.49.